The molecule has 2 aromatic carbocycles. The second-order valence-electron chi connectivity index (χ2n) is 6.27. The third-order valence-corrected chi connectivity index (χ3v) is 7.11. The van der Waals surface area contributed by atoms with E-state index in [0.29, 0.717) is 23.4 Å². The lowest BCUT2D eigenvalue weighted by Gasteiger charge is -2.22. The van der Waals surface area contributed by atoms with Crippen molar-refractivity contribution in [3.8, 4) is 0 Å². The number of ether oxygens (including phenoxy) is 1. The third-order valence-electron chi connectivity index (χ3n) is 4.41. The minimum absolute atomic E-state index is 0.0579. The van der Waals surface area contributed by atoms with Crippen LogP contribution in [0.2, 0.25) is 5.02 Å². The van der Waals surface area contributed by atoms with Crippen molar-refractivity contribution in [2.75, 3.05) is 13.2 Å². The van der Waals surface area contributed by atoms with Gasteiger partial charge in [0.15, 0.2) is 12.4 Å². The summed E-state index contributed by atoms with van der Waals surface area (Å²) in [4.78, 5) is 24.7. The Balaban J connectivity index is 1.68. The van der Waals surface area contributed by atoms with Crippen molar-refractivity contribution in [2.45, 2.75) is 23.8 Å². The van der Waals surface area contributed by atoms with E-state index in [1.165, 1.54) is 24.3 Å². The molecule has 0 spiro atoms. The molecule has 0 amide bonds. The minimum Gasteiger partial charge on any atom is -0.456 e. The zero-order valence-electron chi connectivity index (χ0n) is 14.7. The molecule has 1 saturated heterocycles. The van der Waals surface area contributed by atoms with Gasteiger partial charge < -0.3 is 4.74 Å². The van der Waals surface area contributed by atoms with E-state index in [2.05, 4.69) is 15.9 Å². The van der Waals surface area contributed by atoms with Crippen LogP contribution in [-0.2, 0) is 19.6 Å². The zero-order chi connectivity index (χ0) is 20.3. The number of carbonyl (C=O) groups is 2. The van der Waals surface area contributed by atoms with Crippen LogP contribution in [0.15, 0.2) is 57.9 Å². The average Bonchev–Trinajstić information content (AvgIpc) is 3.17. The summed E-state index contributed by atoms with van der Waals surface area (Å²) in [6, 6.07) is 11.5. The van der Waals surface area contributed by atoms with E-state index < -0.39 is 28.6 Å². The predicted octanol–water partition coefficient (Wildman–Crippen LogP) is 3.68. The molecule has 0 bridgehead atoms. The van der Waals surface area contributed by atoms with Crippen LogP contribution < -0.4 is 0 Å². The maximum Gasteiger partial charge on any atom is 0.324 e. The van der Waals surface area contributed by atoms with Gasteiger partial charge in [-0.25, -0.2) is 8.42 Å². The van der Waals surface area contributed by atoms with Gasteiger partial charge in [0.1, 0.15) is 6.04 Å². The summed E-state index contributed by atoms with van der Waals surface area (Å²) < 4.78 is 32.8. The Kier molecular flexibility index (Phi) is 6.54. The molecule has 1 unspecified atom stereocenters. The standard InChI is InChI=1S/C19H17BrClNO5S/c20-14-5-3-13(4-6-14)18(23)12-27-19(24)17-2-1-11-22(17)28(25,26)16-9-7-15(21)8-10-16/h3-10,17H,1-2,11-12H2. The summed E-state index contributed by atoms with van der Waals surface area (Å²) in [5.41, 5.74) is 0.410. The Morgan fingerprint density at radius 2 is 1.75 bits per heavy atom. The monoisotopic (exact) mass is 485 g/mol. The van der Waals surface area contributed by atoms with E-state index in [1.54, 1.807) is 24.3 Å². The summed E-state index contributed by atoms with van der Waals surface area (Å²) in [5, 5.41) is 0.419. The van der Waals surface area contributed by atoms with E-state index in [-0.39, 0.29) is 17.2 Å². The number of Topliss-reactive ketones (excluding diaryl/α,β-unsaturated/α-hetero) is 1. The van der Waals surface area contributed by atoms with E-state index >= 15 is 0 Å². The highest BCUT2D eigenvalue weighted by molar-refractivity contribution is 9.10. The van der Waals surface area contributed by atoms with Crippen molar-refractivity contribution in [2.24, 2.45) is 0 Å². The largest absolute Gasteiger partial charge is 0.456 e. The van der Waals surface area contributed by atoms with E-state index in [1.807, 2.05) is 0 Å². The van der Waals surface area contributed by atoms with Crippen LogP contribution in [0.3, 0.4) is 0 Å². The van der Waals surface area contributed by atoms with Gasteiger partial charge >= 0.3 is 5.97 Å². The molecule has 3 rings (SSSR count). The molecule has 6 nitrogen and oxygen atoms in total. The molecule has 0 N–H and O–H groups in total. The summed E-state index contributed by atoms with van der Waals surface area (Å²) in [6.45, 7) is -0.225. The number of benzene rings is 2. The Morgan fingerprint density at radius 3 is 2.39 bits per heavy atom. The van der Waals surface area contributed by atoms with E-state index in [0.717, 1.165) is 8.78 Å². The van der Waals surface area contributed by atoms with Crippen LogP contribution in [0, 0.1) is 0 Å². The predicted molar refractivity (Wildman–Crippen MR) is 108 cm³/mol. The molecule has 0 radical (unpaired) electrons. The fourth-order valence-electron chi connectivity index (χ4n) is 2.96. The number of sulfonamides is 1. The van der Waals surface area contributed by atoms with Gasteiger partial charge in [0, 0.05) is 21.6 Å². The van der Waals surface area contributed by atoms with Gasteiger partial charge in [-0.05, 0) is 49.2 Å². The molecule has 1 aliphatic rings. The lowest BCUT2D eigenvalue weighted by molar-refractivity contribution is -0.146. The molecule has 148 valence electrons. The molecule has 1 heterocycles. The number of ketones is 1. The average molecular weight is 487 g/mol. The SMILES string of the molecule is O=C(COC(=O)C1CCCN1S(=O)(=O)c1ccc(Cl)cc1)c1ccc(Br)cc1. The molecule has 2 aromatic rings. The molecular weight excluding hydrogens is 470 g/mol. The first-order valence-corrected chi connectivity index (χ1v) is 11.1. The van der Waals surface area contributed by atoms with Gasteiger partial charge in [-0.1, -0.05) is 39.7 Å². The van der Waals surface area contributed by atoms with Crippen LogP contribution in [0.25, 0.3) is 0 Å². The first-order chi connectivity index (χ1) is 13.3. The first kappa shape index (κ1) is 21.0. The van der Waals surface area contributed by atoms with Crippen molar-refractivity contribution < 1.29 is 22.7 Å². The van der Waals surface area contributed by atoms with Crippen LogP contribution in [0.5, 0.6) is 0 Å². The normalized spacial score (nSPS) is 17.4. The number of hydrogen-bond acceptors (Lipinski definition) is 5. The Hall–Kier alpha value is -1.74. The number of hydrogen-bond donors (Lipinski definition) is 0. The second-order valence-corrected chi connectivity index (χ2v) is 9.51. The molecule has 0 aliphatic carbocycles. The number of rotatable bonds is 6. The molecule has 1 fully saturated rings. The topological polar surface area (TPSA) is 80.8 Å². The van der Waals surface area contributed by atoms with Crippen molar-refractivity contribution in [1.82, 2.24) is 4.31 Å². The molecule has 0 aromatic heterocycles. The van der Waals surface area contributed by atoms with Crippen molar-refractivity contribution >= 4 is 49.3 Å². The number of carbonyl (C=O) groups excluding carboxylic acids is 2. The Morgan fingerprint density at radius 1 is 1.11 bits per heavy atom. The summed E-state index contributed by atoms with van der Waals surface area (Å²) in [6.07, 6.45) is 0.880. The summed E-state index contributed by atoms with van der Waals surface area (Å²) >= 11 is 9.10. The van der Waals surface area contributed by atoms with Gasteiger partial charge in [-0.15, -0.1) is 0 Å². The Labute approximate surface area is 176 Å². The fraction of sp³-hybridized carbons (Fsp3) is 0.263. The van der Waals surface area contributed by atoms with Gasteiger partial charge in [0.2, 0.25) is 10.0 Å². The van der Waals surface area contributed by atoms with Crippen molar-refractivity contribution in [3.05, 3.63) is 63.6 Å². The van der Waals surface area contributed by atoms with Crippen LogP contribution in [0.4, 0.5) is 0 Å². The lowest BCUT2D eigenvalue weighted by atomic mass is 10.1. The third kappa shape index (κ3) is 4.63. The fourth-order valence-corrected chi connectivity index (χ4v) is 4.99. The second kappa shape index (κ2) is 8.73. The lowest BCUT2D eigenvalue weighted by Crippen LogP contribution is -2.41. The summed E-state index contributed by atoms with van der Waals surface area (Å²) in [7, 11) is -3.86. The van der Waals surface area contributed by atoms with Crippen LogP contribution in [0.1, 0.15) is 23.2 Å². The maximum absolute atomic E-state index is 12.9. The van der Waals surface area contributed by atoms with E-state index in [4.69, 9.17) is 16.3 Å². The first-order valence-electron chi connectivity index (χ1n) is 8.52. The van der Waals surface area contributed by atoms with Crippen molar-refractivity contribution in [3.63, 3.8) is 0 Å². The molecule has 0 saturated carbocycles. The van der Waals surface area contributed by atoms with Crippen LogP contribution >= 0.6 is 27.5 Å². The molecule has 1 atom stereocenters. The van der Waals surface area contributed by atoms with Gasteiger partial charge in [-0.3, -0.25) is 9.59 Å². The number of halogens is 2. The Bertz CT molecular complexity index is 976. The highest BCUT2D eigenvalue weighted by Crippen LogP contribution is 2.27. The highest BCUT2D eigenvalue weighted by atomic mass is 79.9. The van der Waals surface area contributed by atoms with Gasteiger partial charge in [-0.2, -0.15) is 4.31 Å². The van der Waals surface area contributed by atoms with E-state index in [9.17, 15) is 18.0 Å². The molecular formula is C19H17BrClNO5S. The smallest absolute Gasteiger partial charge is 0.324 e. The summed E-state index contributed by atoms with van der Waals surface area (Å²) in [5.74, 6) is -1.08. The van der Waals surface area contributed by atoms with Crippen LogP contribution in [-0.4, -0.2) is 43.7 Å². The molecule has 28 heavy (non-hydrogen) atoms. The van der Waals surface area contributed by atoms with Gasteiger partial charge in [0.05, 0.1) is 4.90 Å². The zero-order valence-corrected chi connectivity index (χ0v) is 17.8. The highest BCUT2D eigenvalue weighted by Gasteiger charge is 2.40. The van der Waals surface area contributed by atoms with Gasteiger partial charge in [0.25, 0.3) is 0 Å². The van der Waals surface area contributed by atoms with Crippen molar-refractivity contribution in [1.29, 1.82) is 0 Å². The molecule has 1 aliphatic heterocycles. The minimum atomic E-state index is -3.86. The quantitative estimate of drug-likeness (QED) is 0.460. The maximum atomic E-state index is 12.9. The number of nitrogens with zero attached hydrogens (tertiary/aromatic N) is 1. The number of esters is 1. The molecule has 9 heteroatoms.